The number of carbonyl (C=O) groups is 3. The van der Waals surface area contributed by atoms with Crippen molar-refractivity contribution in [3.63, 3.8) is 0 Å². The molecule has 32 heavy (non-hydrogen) atoms. The molecule has 0 aromatic rings. The number of hydrogen-bond acceptors (Lipinski definition) is 6. The molecule has 4 saturated carbocycles. The monoisotopic (exact) mass is 474 g/mol. The SMILES string of the molecule is CC(C)C(=O)OCCOC(=O)C(F)(F)C(F)(F)C(F)(F)OC(=O)C12CC3CC(CC1C3)C2. The lowest BCUT2D eigenvalue weighted by atomic mass is 9.75. The number of rotatable bonds is 9. The Morgan fingerprint density at radius 3 is 1.97 bits per heavy atom. The van der Waals surface area contributed by atoms with Crippen molar-refractivity contribution in [3.05, 3.63) is 0 Å². The Hall–Kier alpha value is -2.01. The van der Waals surface area contributed by atoms with Crippen molar-refractivity contribution in [1.82, 2.24) is 0 Å². The Morgan fingerprint density at radius 1 is 0.906 bits per heavy atom. The first-order valence-corrected chi connectivity index (χ1v) is 10.3. The van der Waals surface area contributed by atoms with Crippen LogP contribution in [0.25, 0.3) is 0 Å². The summed E-state index contributed by atoms with van der Waals surface area (Å²) in [6.45, 7) is 1.12. The molecule has 4 aliphatic rings. The van der Waals surface area contributed by atoms with Gasteiger partial charge in [-0.3, -0.25) is 9.59 Å². The van der Waals surface area contributed by atoms with Crippen LogP contribution in [0.4, 0.5) is 26.3 Å². The summed E-state index contributed by atoms with van der Waals surface area (Å²) in [4.78, 5) is 35.1. The lowest BCUT2D eigenvalue weighted by Crippen LogP contribution is -2.60. The largest absolute Gasteiger partial charge is 0.473 e. The van der Waals surface area contributed by atoms with E-state index in [1.165, 1.54) is 13.8 Å². The van der Waals surface area contributed by atoms with Crippen LogP contribution in [0.1, 0.15) is 46.0 Å². The van der Waals surface area contributed by atoms with E-state index in [4.69, 9.17) is 0 Å². The molecule has 182 valence electrons. The third-order valence-corrected chi connectivity index (χ3v) is 6.67. The zero-order chi connectivity index (χ0) is 24.1. The maximum Gasteiger partial charge on any atom is 0.473 e. The van der Waals surface area contributed by atoms with Gasteiger partial charge in [0, 0.05) is 0 Å². The lowest BCUT2D eigenvalue weighted by Gasteiger charge is -2.35. The van der Waals surface area contributed by atoms with Gasteiger partial charge in [0.2, 0.25) is 0 Å². The standard InChI is InChI=1S/C20H24F6O6/c1-10(2)14(27)30-3-4-31-16(29)18(21,22)19(23,24)20(25,26)32-15(28)17-8-11-5-12(9-17)7-13(17)6-11/h10-13H,3-9H2,1-2H3. The molecule has 0 aliphatic heterocycles. The Bertz CT molecular complexity index is 769. The van der Waals surface area contributed by atoms with Crippen LogP contribution in [0.5, 0.6) is 0 Å². The molecule has 0 saturated heterocycles. The van der Waals surface area contributed by atoms with Crippen molar-refractivity contribution in [2.75, 3.05) is 13.2 Å². The van der Waals surface area contributed by atoms with Gasteiger partial charge >= 0.3 is 35.9 Å². The maximum atomic E-state index is 14.2. The number of halogens is 6. The number of hydrogen-bond donors (Lipinski definition) is 0. The minimum Gasteiger partial charge on any atom is -0.462 e. The fourth-order valence-electron chi connectivity index (χ4n) is 5.26. The smallest absolute Gasteiger partial charge is 0.462 e. The molecule has 2 unspecified atom stereocenters. The highest BCUT2D eigenvalue weighted by Gasteiger charge is 2.79. The quantitative estimate of drug-likeness (QED) is 0.218. The predicted molar refractivity (Wildman–Crippen MR) is 93.7 cm³/mol. The van der Waals surface area contributed by atoms with Gasteiger partial charge in [-0.15, -0.1) is 0 Å². The number of alkyl halides is 6. The molecule has 0 radical (unpaired) electrons. The van der Waals surface area contributed by atoms with Gasteiger partial charge in [-0.1, -0.05) is 13.8 Å². The topological polar surface area (TPSA) is 78.9 Å². The van der Waals surface area contributed by atoms with Gasteiger partial charge in [-0.2, -0.15) is 26.3 Å². The third-order valence-electron chi connectivity index (χ3n) is 6.67. The fourth-order valence-corrected chi connectivity index (χ4v) is 5.26. The third kappa shape index (κ3) is 3.93. The Labute approximate surface area is 179 Å². The second kappa shape index (κ2) is 8.09. The first-order chi connectivity index (χ1) is 14.6. The molecule has 0 aromatic carbocycles. The average Bonchev–Trinajstić information content (AvgIpc) is 3.09. The molecule has 4 fully saturated rings. The minimum atomic E-state index is -6.37. The van der Waals surface area contributed by atoms with Crippen molar-refractivity contribution in [2.45, 2.75) is 63.9 Å². The van der Waals surface area contributed by atoms with Crippen molar-refractivity contribution < 1.29 is 54.9 Å². The van der Waals surface area contributed by atoms with Gasteiger partial charge in [0.1, 0.15) is 13.2 Å². The van der Waals surface area contributed by atoms with Crippen molar-refractivity contribution >= 4 is 17.9 Å². The van der Waals surface area contributed by atoms with E-state index in [1.807, 2.05) is 0 Å². The summed E-state index contributed by atoms with van der Waals surface area (Å²) in [5.74, 6) is -18.5. The summed E-state index contributed by atoms with van der Waals surface area (Å²) in [7, 11) is 0. The zero-order valence-electron chi connectivity index (χ0n) is 17.5. The molecule has 0 heterocycles. The van der Waals surface area contributed by atoms with Crippen molar-refractivity contribution in [3.8, 4) is 0 Å². The van der Waals surface area contributed by atoms with Crippen molar-refractivity contribution in [2.24, 2.45) is 29.1 Å². The summed E-state index contributed by atoms with van der Waals surface area (Å²) in [5.41, 5.74) is -1.37. The lowest BCUT2D eigenvalue weighted by molar-refractivity contribution is -0.381. The van der Waals surface area contributed by atoms with E-state index in [0.29, 0.717) is 12.8 Å². The van der Waals surface area contributed by atoms with E-state index >= 15 is 0 Å². The highest BCUT2D eigenvalue weighted by Crippen LogP contribution is 2.66. The molecule has 2 atom stereocenters. The van der Waals surface area contributed by atoms with E-state index in [9.17, 15) is 40.7 Å². The summed E-state index contributed by atoms with van der Waals surface area (Å²) < 4.78 is 96.5. The van der Waals surface area contributed by atoms with Gasteiger partial charge < -0.3 is 14.2 Å². The summed E-state index contributed by atoms with van der Waals surface area (Å²) >= 11 is 0. The van der Waals surface area contributed by atoms with E-state index in [0.717, 1.165) is 6.42 Å². The molecular formula is C20H24F6O6. The molecule has 0 aromatic heterocycles. The zero-order valence-corrected chi connectivity index (χ0v) is 17.5. The van der Waals surface area contributed by atoms with Crippen LogP contribution in [-0.4, -0.2) is 49.1 Å². The molecule has 0 amide bonds. The van der Waals surface area contributed by atoms with Crippen LogP contribution < -0.4 is 0 Å². The minimum absolute atomic E-state index is 0.0930. The molecule has 4 bridgehead atoms. The Balaban J connectivity index is 1.63. The van der Waals surface area contributed by atoms with Gasteiger partial charge in [0.25, 0.3) is 0 Å². The van der Waals surface area contributed by atoms with E-state index in [-0.39, 0.29) is 30.6 Å². The second-order valence-electron chi connectivity index (χ2n) is 9.21. The van der Waals surface area contributed by atoms with E-state index in [1.54, 1.807) is 0 Å². The highest BCUT2D eigenvalue weighted by molar-refractivity contribution is 5.81. The Morgan fingerprint density at radius 2 is 1.44 bits per heavy atom. The molecule has 0 spiro atoms. The summed E-state index contributed by atoms with van der Waals surface area (Å²) in [6.07, 6.45) is -3.58. The average molecular weight is 474 g/mol. The molecule has 6 nitrogen and oxygen atoms in total. The predicted octanol–water partition coefficient (Wildman–Crippen LogP) is 3.96. The van der Waals surface area contributed by atoms with Crippen LogP contribution in [0, 0.1) is 29.1 Å². The molecule has 12 heteroatoms. The highest BCUT2D eigenvalue weighted by atomic mass is 19.3. The van der Waals surface area contributed by atoms with Crippen LogP contribution >= 0.6 is 0 Å². The Kier molecular flexibility index (Phi) is 6.23. The van der Waals surface area contributed by atoms with Crippen LogP contribution in [0.3, 0.4) is 0 Å². The summed E-state index contributed by atoms with van der Waals surface area (Å²) in [6, 6.07) is 0. The number of ether oxygens (including phenoxy) is 3. The fraction of sp³-hybridized carbons (Fsp3) is 0.850. The van der Waals surface area contributed by atoms with Gasteiger partial charge in [0.05, 0.1) is 11.3 Å². The van der Waals surface area contributed by atoms with Crippen molar-refractivity contribution in [1.29, 1.82) is 0 Å². The van der Waals surface area contributed by atoms with E-state index < -0.39 is 60.4 Å². The first kappa shape index (κ1) is 24.6. The molecule has 0 N–H and O–H groups in total. The molecular weight excluding hydrogens is 450 g/mol. The second-order valence-corrected chi connectivity index (χ2v) is 9.21. The molecule has 4 aliphatic carbocycles. The van der Waals surface area contributed by atoms with Gasteiger partial charge in [-0.25, -0.2) is 4.79 Å². The number of esters is 3. The summed E-state index contributed by atoms with van der Waals surface area (Å²) in [5, 5.41) is 0. The first-order valence-electron chi connectivity index (χ1n) is 10.3. The van der Waals surface area contributed by atoms with Gasteiger partial charge in [0.15, 0.2) is 0 Å². The molecule has 4 rings (SSSR count). The maximum absolute atomic E-state index is 14.2. The van der Waals surface area contributed by atoms with E-state index in [2.05, 4.69) is 14.2 Å². The normalized spacial score (nSPS) is 29.3. The van der Waals surface area contributed by atoms with Gasteiger partial charge in [-0.05, 0) is 49.9 Å². The van der Waals surface area contributed by atoms with Crippen LogP contribution in [0.15, 0.2) is 0 Å². The van der Waals surface area contributed by atoms with Crippen LogP contribution in [0.2, 0.25) is 0 Å². The van der Waals surface area contributed by atoms with Crippen LogP contribution in [-0.2, 0) is 28.6 Å². The number of carbonyl (C=O) groups excluding carboxylic acids is 3.